The van der Waals surface area contributed by atoms with Crippen LogP contribution >= 0.6 is 0 Å². The van der Waals surface area contributed by atoms with Crippen LogP contribution in [0.25, 0.3) is 0 Å². The molecule has 0 bridgehead atoms. The fourth-order valence-electron chi connectivity index (χ4n) is 1.96. The maximum atomic E-state index is 12.8. The Morgan fingerprint density at radius 3 is 2.59 bits per heavy atom. The van der Waals surface area contributed by atoms with Gasteiger partial charge < -0.3 is 10.3 Å². The van der Waals surface area contributed by atoms with Crippen molar-refractivity contribution in [3.63, 3.8) is 0 Å². The van der Waals surface area contributed by atoms with Crippen LogP contribution in [0.3, 0.4) is 0 Å². The number of hydrogen-bond acceptors (Lipinski definition) is 1. The molecule has 0 saturated carbocycles. The normalized spacial score (nSPS) is 12.6. The van der Waals surface area contributed by atoms with Crippen molar-refractivity contribution < 1.29 is 4.39 Å². The SMILES string of the molecule is CCNC(Cc1ccc(F)cc1)c1ccc[nH]1. The van der Waals surface area contributed by atoms with Crippen LogP contribution in [0.15, 0.2) is 42.6 Å². The highest BCUT2D eigenvalue weighted by Gasteiger charge is 2.11. The second-order valence-electron chi connectivity index (χ2n) is 4.07. The molecule has 17 heavy (non-hydrogen) atoms. The number of nitrogens with one attached hydrogen (secondary N) is 2. The Hall–Kier alpha value is -1.61. The Bertz CT molecular complexity index is 434. The Balaban J connectivity index is 2.10. The van der Waals surface area contributed by atoms with Crippen molar-refractivity contribution in [2.24, 2.45) is 0 Å². The van der Waals surface area contributed by atoms with E-state index in [1.54, 1.807) is 0 Å². The van der Waals surface area contributed by atoms with E-state index in [4.69, 9.17) is 0 Å². The summed E-state index contributed by atoms with van der Waals surface area (Å²) in [5, 5.41) is 3.42. The third-order valence-electron chi connectivity index (χ3n) is 2.80. The predicted molar refractivity (Wildman–Crippen MR) is 67.3 cm³/mol. The minimum absolute atomic E-state index is 0.186. The largest absolute Gasteiger partial charge is 0.364 e. The second kappa shape index (κ2) is 5.64. The molecule has 0 aliphatic carbocycles. The van der Waals surface area contributed by atoms with E-state index in [0.717, 1.165) is 24.2 Å². The van der Waals surface area contributed by atoms with Crippen molar-refractivity contribution in [3.8, 4) is 0 Å². The molecule has 3 heteroatoms. The molecule has 2 N–H and O–H groups in total. The fourth-order valence-corrected chi connectivity index (χ4v) is 1.96. The molecule has 1 aromatic carbocycles. The van der Waals surface area contributed by atoms with Gasteiger partial charge >= 0.3 is 0 Å². The number of hydrogen-bond donors (Lipinski definition) is 2. The molecule has 1 aromatic heterocycles. The van der Waals surface area contributed by atoms with Crippen molar-refractivity contribution in [2.45, 2.75) is 19.4 Å². The van der Waals surface area contributed by atoms with Crippen LogP contribution in [0.1, 0.15) is 24.2 Å². The van der Waals surface area contributed by atoms with Crippen LogP contribution < -0.4 is 5.32 Å². The lowest BCUT2D eigenvalue weighted by Crippen LogP contribution is -2.23. The highest BCUT2D eigenvalue weighted by atomic mass is 19.1. The van der Waals surface area contributed by atoms with Gasteiger partial charge in [-0.2, -0.15) is 0 Å². The molecule has 0 aliphatic heterocycles. The van der Waals surface area contributed by atoms with Gasteiger partial charge in [0, 0.05) is 11.9 Å². The number of aromatic amines is 1. The van der Waals surface area contributed by atoms with Gasteiger partial charge in [0.25, 0.3) is 0 Å². The Labute approximate surface area is 101 Å². The van der Waals surface area contributed by atoms with Crippen LogP contribution in [-0.2, 0) is 6.42 Å². The summed E-state index contributed by atoms with van der Waals surface area (Å²) >= 11 is 0. The Kier molecular flexibility index (Phi) is 3.94. The number of rotatable bonds is 5. The molecule has 90 valence electrons. The molecule has 0 spiro atoms. The first-order valence-corrected chi connectivity index (χ1v) is 5.90. The third-order valence-corrected chi connectivity index (χ3v) is 2.80. The van der Waals surface area contributed by atoms with Gasteiger partial charge in [0.15, 0.2) is 0 Å². The lowest BCUT2D eigenvalue weighted by atomic mass is 10.0. The third kappa shape index (κ3) is 3.17. The van der Waals surface area contributed by atoms with Crippen LogP contribution in [-0.4, -0.2) is 11.5 Å². The summed E-state index contributed by atoms with van der Waals surface area (Å²) in [4.78, 5) is 3.22. The zero-order valence-electron chi connectivity index (χ0n) is 9.91. The number of likely N-dealkylation sites (N-methyl/N-ethyl adjacent to an activating group) is 1. The molecule has 1 heterocycles. The molecular weight excluding hydrogens is 215 g/mol. The lowest BCUT2D eigenvalue weighted by molar-refractivity contribution is 0.538. The second-order valence-corrected chi connectivity index (χ2v) is 4.07. The first kappa shape index (κ1) is 11.9. The van der Waals surface area contributed by atoms with Crippen LogP contribution in [0.5, 0.6) is 0 Å². The van der Waals surface area contributed by atoms with Gasteiger partial charge in [0.05, 0.1) is 6.04 Å². The van der Waals surface area contributed by atoms with E-state index in [-0.39, 0.29) is 11.9 Å². The molecule has 1 unspecified atom stereocenters. The van der Waals surface area contributed by atoms with Gasteiger partial charge in [-0.3, -0.25) is 0 Å². The van der Waals surface area contributed by atoms with Crippen molar-refractivity contribution in [3.05, 3.63) is 59.7 Å². The van der Waals surface area contributed by atoms with Crippen LogP contribution in [0.2, 0.25) is 0 Å². The van der Waals surface area contributed by atoms with E-state index in [1.807, 2.05) is 24.4 Å². The molecule has 2 nitrogen and oxygen atoms in total. The van der Waals surface area contributed by atoms with Crippen molar-refractivity contribution in [1.29, 1.82) is 0 Å². The van der Waals surface area contributed by atoms with Gasteiger partial charge in [0.2, 0.25) is 0 Å². The van der Waals surface area contributed by atoms with Crippen molar-refractivity contribution in [2.75, 3.05) is 6.54 Å². The summed E-state index contributed by atoms with van der Waals surface area (Å²) < 4.78 is 12.8. The zero-order valence-corrected chi connectivity index (χ0v) is 9.91. The number of benzene rings is 1. The quantitative estimate of drug-likeness (QED) is 0.814. The number of aromatic nitrogens is 1. The summed E-state index contributed by atoms with van der Waals surface area (Å²) in [5.74, 6) is -0.186. The van der Waals surface area contributed by atoms with E-state index in [0.29, 0.717) is 0 Å². The number of halogens is 1. The Morgan fingerprint density at radius 2 is 2.00 bits per heavy atom. The van der Waals surface area contributed by atoms with Crippen molar-refractivity contribution in [1.82, 2.24) is 10.3 Å². The minimum Gasteiger partial charge on any atom is -0.364 e. The monoisotopic (exact) mass is 232 g/mol. The van der Waals surface area contributed by atoms with Gasteiger partial charge in [-0.1, -0.05) is 19.1 Å². The molecule has 0 saturated heterocycles. The summed E-state index contributed by atoms with van der Waals surface area (Å²) in [6, 6.07) is 11.0. The molecule has 0 radical (unpaired) electrons. The van der Waals surface area contributed by atoms with E-state index in [1.165, 1.54) is 12.1 Å². The molecule has 1 atom stereocenters. The Morgan fingerprint density at radius 1 is 1.24 bits per heavy atom. The smallest absolute Gasteiger partial charge is 0.123 e. The summed E-state index contributed by atoms with van der Waals surface area (Å²) in [5.41, 5.74) is 2.29. The lowest BCUT2D eigenvalue weighted by Gasteiger charge is -2.16. The van der Waals surface area contributed by atoms with Crippen molar-refractivity contribution >= 4 is 0 Å². The molecular formula is C14H17FN2. The molecule has 2 aromatic rings. The maximum Gasteiger partial charge on any atom is 0.123 e. The number of H-pyrrole nitrogens is 1. The van der Waals surface area contributed by atoms with Gasteiger partial charge in [-0.05, 0) is 42.8 Å². The molecule has 2 rings (SSSR count). The first-order chi connectivity index (χ1) is 8.29. The average Bonchev–Trinajstić information content (AvgIpc) is 2.85. The average molecular weight is 232 g/mol. The summed E-state index contributed by atoms with van der Waals surface area (Å²) in [6.07, 6.45) is 2.78. The highest BCUT2D eigenvalue weighted by Crippen LogP contribution is 2.17. The van der Waals surface area contributed by atoms with Gasteiger partial charge in [-0.25, -0.2) is 4.39 Å². The topological polar surface area (TPSA) is 27.8 Å². The van der Waals surface area contributed by atoms with Crippen LogP contribution in [0.4, 0.5) is 4.39 Å². The predicted octanol–water partition coefficient (Wildman–Crippen LogP) is 3.05. The summed E-state index contributed by atoms with van der Waals surface area (Å²) in [7, 11) is 0. The van der Waals surface area contributed by atoms with E-state index >= 15 is 0 Å². The molecule has 0 fully saturated rings. The zero-order chi connectivity index (χ0) is 12.1. The fraction of sp³-hybridized carbons (Fsp3) is 0.286. The van der Waals surface area contributed by atoms with Crippen LogP contribution in [0, 0.1) is 5.82 Å². The molecule has 0 amide bonds. The van der Waals surface area contributed by atoms with Gasteiger partial charge in [0.1, 0.15) is 5.82 Å². The van der Waals surface area contributed by atoms with E-state index in [2.05, 4.69) is 23.3 Å². The molecule has 0 aliphatic rings. The summed E-state index contributed by atoms with van der Waals surface area (Å²) in [6.45, 7) is 2.99. The standard InChI is InChI=1S/C14H17FN2/c1-2-16-14(13-4-3-9-17-13)10-11-5-7-12(15)8-6-11/h3-9,14,16-17H,2,10H2,1H3. The van der Waals surface area contributed by atoms with Gasteiger partial charge in [-0.15, -0.1) is 0 Å². The van der Waals surface area contributed by atoms with E-state index in [9.17, 15) is 4.39 Å². The maximum absolute atomic E-state index is 12.8. The highest BCUT2D eigenvalue weighted by molar-refractivity contribution is 5.20. The van der Waals surface area contributed by atoms with E-state index < -0.39 is 0 Å². The minimum atomic E-state index is -0.186. The first-order valence-electron chi connectivity index (χ1n) is 5.90.